The molecule has 1 aliphatic rings. The third-order valence-electron chi connectivity index (χ3n) is 2.27. The van der Waals surface area contributed by atoms with Crippen LogP contribution < -0.4 is 0 Å². The fourth-order valence-corrected chi connectivity index (χ4v) is 1.72. The van der Waals surface area contributed by atoms with Crippen LogP contribution in [-0.4, -0.2) is 11.2 Å². The van der Waals surface area contributed by atoms with Gasteiger partial charge in [-0.15, -0.1) is 0 Å². The maximum Gasteiger partial charge on any atom is 0.0621 e. The second kappa shape index (κ2) is 2.35. The van der Waals surface area contributed by atoms with E-state index in [1.165, 1.54) is 16.7 Å². The molecular weight excluding hydrogens is 136 g/mol. The van der Waals surface area contributed by atoms with Crippen molar-refractivity contribution in [2.24, 2.45) is 0 Å². The Morgan fingerprint density at radius 1 is 1.27 bits per heavy atom. The minimum atomic E-state index is -0.133. The van der Waals surface area contributed by atoms with E-state index >= 15 is 0 Å². The van der Waals surface area contributed by atoms with E-state index in [2.05, 4.69) is 25.1 Å². The molecule has 0 fully saturated rings. The van der Waals surface area contributed by atoms with Crippen molar-refractivity contribution < 1.29 is 5.11 Å². The Bertz CT molecular complexity index is 278. The predicted octanol–water partition coefficient (Wildman–Crippen LogP) is 1.45. The molecule has 1 atom stereocenters. The fraction of sp³-hybridized carbons (Fsp3) is 0.400. The maximum atomic E-state index is 9.34. The highest BCUT2D eigenvalue weighted by Crippen LogP contribution is 2.22. The summed E-state index contributed by atoms with van der Waals surface area (Å²) in [5.74, 6) is 0. The van der Waals surface area contributed by atoms with Crippen LogP contribution in [0.4, 0.5) is 0 Å². The summed E-state index contributed by atoms with van der Waals surface area (Å²) >= 11 is 0. The Kier molecular flexibility index (Phi) is 1.46. The molecule has 1 aliphatic carbocycles. The molecule has 0 unspecified atom stereocenters. The van der Waals surface area contributed by atoms with E-state index in [0.29, 0.717) is 0 Å². The molecule has 1 nitrogen and oxygen atoms in total. The van der Waals surface area contributed by atoms with Crippen LogP contribution in [0, 0.1) is 6.92 Å². The Hall–Kier alpha value is -0.820. The smallest absolute Gasteiger partial charge is 0.0621 e. The number of fused-ring (bicyclic) bond motifs is 1. The maximum absolute atomic E-state index is 9.34. The summed E-state index contributed by atoms with van der Waals surface area (Å²) in [6, 6.07) is 6.41. The molecule has 0 bridgehead atoms. The fourth-order valence-electron chi connectivity index (χ4n) is 1.72. The molecule has 1 aromatic carbocycles. The lowest BCUT2D eigenvalue weighted by Crippen LogP contribution is -2.03. The summed E-state index contributed by atoms with van der Waals surface area (Å²) in [6.45, 7) is 2.09. The monoisotopic (exact) mass is 148 g/mol. The summed E-state index contributed by atoms with van der Waals surface area (Å²) < 4.78 is 0. The number of aryl methyl sites for hydroxylation is 1. The summed E-state index contributed by atoms with van der Waals surface area (Å²) in [5, 5.41) is 9.34. The summed E-state index contributed by atoms with van der Waals surface area (Å²) in [5.41, 5.74) is 3.94. The quantitative estimate of drug-likeness (QED) is 0.590. The van der Waals surface area contributed by atoms with Crippen molar-refractivity contribution in [2.45, 2.75) is 25.9 Å². The zero-order valence-corrected chi connectivity index (χ0v) is 6.67. The first-order valence-corrected chi connectivity index (χ1v) is 4.02. The van der Waals surface area contributed by atoms with Gasteiger partial charge >= 0.3 is 0 Å². The van der Waals surface area contributed by atoms with E-state index in [1.54, 1.807) is 0 Å². The molecule has 0 radical (unpaired) electrons. The minimum Gasteiger partial charge on any atom is -0.392 e. The Labute approximate surface area is 66.7 Å². The van der Waals surface area contributed by atoms with Crippen molar-refractivity contribution in [3.05, 3.63) is 34.9 Å². The number of aliphatic hydroxyl groups excluding tert-OH is 1. The van der Waals surface area contributed by atoms with Crippen molar-refractivity contribution >= 4 is 0 Å². The third kappa shape index (κ3) is 1.16. The number of hydrogen-bond donors (Lipinski definition) is 1. The highest BCUT2D eigenvalue weighted by atomic mass is 16.3. The topological polar surface area (TPSA) is 20.2 Å². The Balaban J connectivity index is 2.43. The second-order valence-electron chi connectivity index (χ2n) is 3.33. The molecule has 0 amide bonds. The van der Waals surface area contributed by atoms with E-state index in [9.17, 15) is 5.11 Å². The normalized spacial score (nSPS) is 21.8. The van der Waals surface area contributed by atoms with Crippen molar-refractivity contribution in [3.63, 3.8) is 0 Å². The molecule has 1 N–H and O–H groups in total. The molecule has 1 heteroatoms. The lowest BCUT2D eigenvalue weighted by atomic mass is 10.1. The van der Waals surface area contributed by atoms with Crippen LogP contribution in [0.2, 0.25) is 0 Å². The highest BCUT2D eigenvalue weighted by molar-refractivity contribution is 5.35. The third-order valence-corrected chi connectivity index (χ3v) is 2.27. The number of benzene rings is 1. The van der Waals surface area contributed by atoms with Crippen LogP contribution in [0.1, 0.15) is 16.7 Å². The van der Waals surface area contributed by atoms with Gasteiger partial charge < -0.3 is 5.11 Å². The van der Waals surface area contributed by atoms with Gasteiger partial charge in [-0.25, -0.2) is 0 Å². The average molecular weight is 148 g/mol. The van der Waals surface area contributed by atoms with Crippen LogP contribution in [0.25, 0.3) is 0 Å². The van der Waals surface area contributed by atoms with Crippen LogP contribution in [-0.2, 0) is 12.8 Å². The van der Waals surface area contributed by atoms with Gasteiger partial charge in [-0.1, -0.05) is 23.8 Å². The SMILES string of the molecule is Cc1ccc2c(c1)C[C@H](O)C2. The average Bonchev–Trinajstić information content (AvgIpc) is 2.27. The van der Waals surface area contributed by atoms with E-state index in [-0.39, 0.29) is 6.10 Å². The van der Waals surface area contributed by atoms with Gasteiger partial charge in [0.15, 0.2) is 0 Å². The standard InChI is InChI=1S/C10H12O/c1-7-2-3-8-5-10(11)6-9(8)4-7/h2-4,10-11H,5-6H2,1H3/t10-/m1/s1. The molecular formula is C10H12O. The first kappa shape index (κ1) is 6.86. The molecule has 0 aromatic heterocycles. The van der Waals surface area contributed by atoms with E-state index in [4.69, 9.17) is 0 Å². The first-order chi connectivity index (χ1) is 5.25. The lowest BCUT2D eigenvalue weighted by molar-refractivity contribution is 0.187. The molecule has 0 aliphatic heterocycles. The van der Waals surface area contributed by atoms with Gasteiger partial charge in [-0.3, -0.25) is 0 Å². The number of rotatable bonds is 0. The highest BCUT2D eigenvalue weighted by Gasteiger charge is 2.18. The van der Waals surface area contributed by atoms with Crippen LogP contribution in [0.3, 0.4) is 0 Å². The van der Waals surface area contributed by atoms with Gasteiger partial charge in [-0.05, 0) is 30.9 Å². The van der Waals surface area contributed by atoms with Crippen molar-refractivity contribution in [3.8, 4) is 0 Å². The molecule has 0 saturated heterocycles. The lowest BCUT2D eigenvalue weighted by Gasteiger charge is -1.97. The summed E-state index contributed by atoms with van der Waals surface area (Å²) in [6.07, 6.45) is 1.55. The molecule has 11 heavy (non-hydrogen) atoms. The van der Waals surface area contributed by atoms with Gasteiger partial charge in [-0.2, -0.15) is 0 Å². The van der Waals surface area contributed by atoms with Crippen LogP contribution >= 0.6 is 0 Å². The van der Waals surface area contributed by atoms with Crippen molar-refractivity contribution in [1.29, 1.82) is 0 Å². The zero-order valence-electron chi connectivity index (χ0n) is 6.67. The zero-order chi connectivity index (χ0) is 7.84. The Morgan fingerprint density at radius 2 is 2.00 bits per heavy atom. The van der Waals surface area contributed by atoms with Gasteiger partial charge in [0.05, 0.1) is 6.10 Å². The number of aliphatic hydroxyl groups is 1. The molecule has 0 saturated carbocycles. The van der Waals surface area contributed by atoms with E-state index < -0.39 is 0 Å². The van der Waals surface area contributed by atoms with Crippen LogP contribution in [0.5, 0.6) is 0 Å². The minimum absolute atomic E-state index is 0.133. The molecule has 0 spiro atoms. The predicted molar refractivity (Wildman–Crippen MR) is 44.6 cm³/mol. The van der Waals surface area contributed by atoms with E-state index in [0.717, 1.165) is 12.8 Å². The summed E-state index contributed by atoms with van der Waals surface area (Å²) in [4.78, 5) is 0. The molecule has 1 aromatic rings. The largest absolute Gasteiger partial charge is 0.392 e. The van der Waals surface area contributed by atoms with Crippen molar-refractivity contribution in [2.75, 3.05) is 0 Å². The van der Waals surface area contributed by atoms with Gasteiger partial charge in [0.2, 0.25) is 0 Å². The van der Waals surface area contributed by atoms with Crippen molar-refractivity contribution in [1.82, 2.24) is 0 Å². The molecule has 58 valence electrons. The second-order valence-corrected chi connectivity index (χ2v) is 3.33. The van der Waals surface area contributed by atoms with Gasteiger partial charge in [0, 0.05) is 0 Å². The summed E-state index contributed by atoms with van der Waals surface area (Å²) in [7, 11) is 0. The first-order valence-electron chi connectivity index (χ1n) is 4.02. The number of hydrogen-bond acceptors (Lipinski definition) is 1. The molecule has 0 heterocycles. The van der Waals surface area contributed by atoms with Crippen LogP contribution in [0.15, 0.2) is 18.2 Å². The Morgan fingerprint density at radius 3 is 2.82 bits per heavy atom. The van der Waals surface area contributed by atoms with Gasteiger partial charge in [0.1, 0.15) is 0 Å². The van der Waals surface area contributed by atoms with E-state index in [1.807, 2.05) is 0 Å². The van der Waals surface area contributed by atoms with Gasteiger partial charge in [0.25, 0.3) is 0 Å². The molecule has 2 rings (SSSR count).